The number of guanidine groups is 1. The first-order valence-corrected chi connectivity index (χ1v) is 11.3. The van der Waals surface area contributed by atoms with E-state index in [9.17, 15) is 0 Å². The number of rotatable bonds is 14. The molecular weight excluding hydrogens is 380 g/mol. The molecule has 1 heterocycles. The van der Waals surface area contributed by atoms with Crippen molar-refractivity contribution in [3.05, 3.63) is 29.8 Å². The Bertz CT molecular complexity index is 587. The predicted octanol–water partition coefficient (Wildman–Crippen LogP) is 2.66. The average molecular weight is 421 g/mol. The van der Waals surface area contributed by atoms with E-state index in [2.05, 4.69) is 53.7 Å². The first kappa shape index (κ1) is 24.4. The highest BCUT2D eigenvalue weighted by molar-refractivity contribution is 5.79. The zero-order valence-corrected chi connectivity index (χ0v) is 19.0. The Labute approximate surface area is 182 Å². The lowest BCUT2D eigenvalue weighted by atomic mass is 10.2. The molecule has 1 aliphatic heterocycles. The normalized spacial score (nSPS) is 16.8. The van der Waals surface area contributed by atoms with Crippen LogP contribution >= 0.6 is 0 Å². The third kappa shape index (κ3) is 10.8. The topological polar surface area (TPSA) is 67.4 Å². The molecule has 7 heteroatoms. The van der Waals surface area contributed by atoms with Crippen molar-refractivity contribution in [2.75, 3.05) is 60.2 Å². The molecule has 0 aromatic heterocycles. The van der Waals surface area contributed by atoms with Gasteiger partial charge in [-0.25, -0.2) is 4.99 Å². The van der Waals surface area contributed by atoms with Crippen molar-refractivity contribution < 1.29 is 14.2 Å². The van der Waals surface area contributed by atoms with E-state index in [1.165, 1.54) is 0 Å². The zero-order chi connectivity index (χ0) is 21.4. The number of ether oxygens (including phenoxy) is 3. The summed E-state index contributed by atoms with van der Waals surface area (Å²) in [7, 11) is 4.15. The first-order valence-electron chi connectivity index (χ1n) is 11.3. The SMILES string of the molecule is CCNC(=NCc1ccc(OCCCN(C)C)cc1)NCCCOCC1CCCO1. The molecule has 1 unspecified atom stereocenters. The van der Waals surface area contributed by atoms with Gasteiger partial charge in [0.1, 0.15) is 5.75 Å². The summed E-state index contributed by atoms with van der Waals surface area (Å²) in [6, 6.07) is 8.19. The van der Waals surface area contributed by atoms with Crippen molar-refractivity contribution in [1.82, 2.24) is 15.5 Å². The fraction of sp³-hybridized carbons (Fsp3) is 0.696. The molecule has 1 fully saturated rings. The maximum absolute atomic E-state index is 5.79. The number of nitrogens with one attached hydrogen (secondary N) is 2. The Kier molecular flexibility index (Phi) is 12.3. The molecular formula is C23H40N4O3. The highest BCUT2D eigenvalue weighted by Crippen LogP contribution is 2.13. The van der Waals surface area contributed by atoms with Gasteiger partial charge < -0.3 is 29.7 Å². The molecule has 0 aliphatic carbocycles. The molecule has 170 valence electrons. The van der Waals surface area contributed by atoms with Gasteiger partial charge in [-0.05, 0) is 64.4 Å². The van der Waals surface area contributed by atoms with Crippen molar-refractivity contribution >= 4 is 5.96 Å². The second-order valence-corrected chi connectivity index (χ2v) is 7.83. The van der Waals surface area contributed by atoms with Gasteiger partial charge in [-0.2, -0.15) is 0 Å². The summed E-state index contributed by atoms with van der Waals surface area (Å²) in [6.45, 7) is 8.47. The average Bonchev–Trinajstić information content (AvgIpc) is 3.26. The van der Waals surface area contributed by atoms with Crippen molar-refractivity contribution in [2.24, 2.45) is 4.99 Å². The summed E-state index contributed by atoms with van der Waals surface area (Å²) in [6.07, 6.45) is 4.54. The number of nitrogens with zero attached hydrogens (tertiary/aromatic N) is 2. The van der Waals surface area contributed by atoms with E-state index in [4.69, 9.17) is 14.2 Å². The van der Waals surface area contributed by atoms with Crippen molar-refractivity contribution in [1.29, 1.82) is 0 Å². The monoisotopic (exact) mass is 420 g/mol. The van der Waals surface area contributed by atoms with Gasteiger partial charge in [0.2, 0.25) is 0 Å². The molecule has 0 amide bonds. The van der Waals surface area contributed by atoms with Gasteiger partial charge in [-0.1, -0.05) is 12.1 Å². The lowest BCUT2D eigenvalue weighted by Gasteiger charge is -2.13. The van der Waals surface area contributed by atoms with Gasteiger partial charge in [0.15, 0.2) is 5.96 Å². The maximum atomic E-state index is 5.79. The highest BCUT2D eigenvalue weighted by Gasteiger charge is 2.14. The standard InChI is InChI=1S/C23H40N4O3/c1-4-24-23(25-13-6-15-28-19-22-8-5-16-30-22)26-18-20-9-11-21(12-10-20)29-17-7-14-27(2)3/h9-12,22H,4-8,13-19H2,1-3H3,(H2,24,25,26). The fourth-order valence-corrected chi connectivity index (χ4v) is 3.15. The number of benzene rings is 1. The summed E-state index contributed by atoms with van der Waals surface area (Å²) in [5.41, 5.74) is 1.16. The van der Waals surface area contributed by atoms with Crippen molar-refractivity contribution in [3.8, 4) is 5.75 Å². The fourth-order valence-electron chi connectivity index (χ4n) is 3.15. The molecule has 0 spiro atoms. The van der Waals surface area contributed by atoms with Crippen molar-refractivity contribution in [3.63, 3.8) is 0 Å². The van der Waals surface area contributed by atoms with Gasteiger partial charge >= 0.3 is 0 Å². The minimum atomic E-state index is 0.298. The number of aliphatic imine (C=N–C) groups is 1. The van der Waals surface area contributed by atoms with Crippen LogP contribution in [0.4, 0.5) is 0 Å². The summed E-state index contributed by atoms with van der Waals surface area (Å²) in [5, 5.41) is 6.67. The van der Waals surface area contributed by atoms with E-state index < -0.39 is 0 Å². The predicted molar refractivity (Wildman–Crippen MR) is 122 cm³/mol. The molecule has 1 aliphatic rings. The third-order valence-electron chi connectivity index (χ3n) is 4.79. The lowest BCUT2D eigenvalue weighted by Crippen LogP contribution is -2.38. The molecule has 0 radical (unpaired) electrons. The van der Waals surface area contributed by atoms with Crippen LogP contribution in [0.2, 0.25) is 0 Å². The van der Waals surface area contributed by atoms with Gasteiger partial charge in [-0.15, -0.1) is 0 Å². The molecule has 0 saturated carbocycles. The number of hydrogen-bond acceptors (Lipinski definition) is 5. The van der Waals surface area contributed by atoms with Gasteiger partial charge in [0.25, 0.3) is 0 Å². The second kappa shape index (κ2) is 15.0. The highest BCUT2D eigenvalue weighted by atomic mass is 16.5. The molecule has 7 nitrogen and oxygen atoms in total. The van der Waals surface area contributed by atoms with Crippen LogP contribution in [-0.2, 0) is 16.0 Å². The van der Waals surface area contributed by atoms with E-state index in [1.54, 1.807) is 0 Å². The summed E-state index contributed by atoms with van der Waals surface area (Å²) >= 11 is 0. The van der Waals surface area contributed by atoms with E-state index in [-0.39, 0.29) is 0 Å². The van der Waals surface area contributed by atoms with Crippen LogP contribution in [0, 0.1) is 0 Å². The van der Waals surface area contributed by atoms with Crippen LogP contribution in [0.1, 0.15) is 38.2 Å². The second-order valence-electron chi connectivity index (χ2n) is 7.83. The van der Waals surface area contributed by atoms with E-state index in [0.29, 0.717) is 19.3 Å². The number of hydrogen-bond donors (Lipinski definition) is 2. The van der Waals surface area contributed by atoms with E-state index in [0.717, 1.165) is 82.4 Å². The quantitative estimate of drug-likeness (QED) is 0.274. The Morgan fingerprint density at radius 3 is 2.70 bits per heavy atom. The molecule has 1 atom stereocenters. The van der Waals surface area contributed by atoms with Crippen LogP contribution in [-0.4, -0.2) is 77.1 Å². The minimum Gasteiger partial charge on any atom is -0.494 e. The molecule has 1 saturated heterocycles. The summed E-state index contributed by atoms with van der Waals surface area (Å²) in [5.74, 6) is 1.75. The molecule has 2 N–H and O–H groups in total. The maximum Gasteiger partial charge on any atom is 0.191 e. The van der Waals surface area contributed by atoms with Crippen LogP contribution < -0.4 is 15.4 Å². The lowest BCUT2D eigenvalue weighted by molar-refractivity contribution is 0.0168. The van der Waals surface area contributed by atoms with Crippen LogP contribution in [0.3, 0.4) is 0 Å². The largest absolute Gasteiger partial charge is 0.494 e. The molecule has 2 rings (SSSR count). The Hall–Kier alpha value is -1.83. The third-order valence-corrected chi connectivity index (χ3v) is 4.79. The summed E-state index contributed by atoms with van der Waals surface area (Å²) < 4.78 is 17.1. The van der Waals surface area contributed by atoms with Crippen LogP contribution in [0.15, 0.2) is 29.3 Å². The summed E-state index contributed by atoms with van der Waals surface area (Å²) in [4.78, 5) is 6.84. The van der Waals surface area contributed by atoms with Crippen LogP contribution in [0.25, 0.3) is 0 Å². The van der Waals surface area contributed by atoms with Crippen LogP contribution in [0.5, 0.6) is 5.75 Å². The molecule has 1 aromatic carbocycles. The Morgan fingerprint density at radius 2 is 2.00 bits per heavy atom. The molecule has 0 bridgehead atoms. The Balaban J connectivity index is 1.63. The van der Waals surface area contributed by atoms with E-state index in [1.807, 2.05) is 12.1 Å². The molecule has 1 aromatic rings. The first-order chi connectivity index (χ1) is 14.7. The van der Waals surface area contributed by atoms with E-state index >= 15 is 0 Å². The van der Waals surface area contributed by atoms with Gasteiger partial charge in [0, 0.05) is 32.8 Å². The Morgan fingerprint density at radius 1 is 1.17 bits per heavy atom. The minimum absolute atomic E-state index is 0.298. The molecule has 30 heavy (non-hydrogen) atoms. The van der Waals surface area contributed by atoms with Gasteiger partial charge in [0.05, 0.1) is 25.9 Å². The zero-order valence-electron chi connectivity index (χ0n) is 19.0. The van der Waals surface area contributed by atoms with Crippen molar-refractivity contribution in [2.45, 2.75) is 45.3 Å². The van der Waals surface area contributed by atoms with Gasteiger partial charge in [-0.3, -0.25) is 0 Å². The smallest absolute Gasteiger partial charge is 0.191 e.